The number of piperidine rings is 1. The predicted octanol–water partition coefficient (Wildman–Crippen LogP) is 2.21. The summed E-state index contributed by atoms with van der Waals surface area (Å²) in [4.78, 5) is 16.4. The molecule has 6 nitrogen and oxygen atoms in total. The van der Waals surface area contributed by atoms with Crippen LogP contribution in [0.25, 0.3) is 0 Å². The van der Waals surface area contributed by atoms with Gasteiger partial charge >= 0.3 is 0 Å². The number of nitrogens with two attached hydrogens (primary N) is 1. The lowest BCUT2D eigenvalue weighted by Crippen LogP contribution is -2.49. The molecule has 1 fully saturated rings. The topological polar surface area (TPSA) is 85.3 Å². The fraction of sp³-hybridized carbons (Fsp3) is 0.583. The van der Waals surface area contributed by atoms with Gasteiger partial charge in [-0.05, 0) is 18.8 Å². The van der Waals surface area contributed by atoms with Crippen LogP contribution in [0.4, 0.5) is 11.5 Å². The molecule has 1 saturated heterocycles. The highest BCUT2D eigenvalue weighted by Crippen LogP contribution is 2.33. The van der Waals surface area contributed by atoms with Crippen LogP contribution in [-0.4, -0.2) is 29.0 Å². The Morgan fingerprint density at radius 3 is 3.00 bits per heavy atom. The third-order valence-corrected chi connectivity index (χ3v) is 3.93. The zero-order valence-electron chi connectivity index (χ0n) is 10.8. The zero-order chi connectivity index (χ0) is 14.0. The molecule has 1 aromatic rings. The smallest absolute Gasteiger partial charge is 0.289 e. The molecule has 0 spiro atoms. The van der Waals surface area contributed by atoms with Crippen LogP contribution < -0.4 is 10.6 Å². The van der Waals surface area contributed by atoms with Gasteiger partial charge in [0.1, 0.15) is 12.0 Å². The van der Waals surface area contributed by atoms with E-state index in [0.717, 1.165) is 19.4 Å². The second-order valence-electron chi connectivity index (χ2n) is 4.87. The van der Waals surface area contributed by atoms with Crippen LogP contribution in [0.3, 0.4) is 0 Å². The average molecular weight is 285 g/mol. The molecule has 2 atom stereocenters. The van der Waals surface area contributed by atoms with E-state index in [2.05, 4.69) is 16.8 Å². The molecule has 0 radical (unpaired) electrons. The molecular weight excluding hydrogens is 268 g/mol. The average Bonchev–Trinajstić information content (AvgIpc) is 2.38. The number of nitro groups is 1. The summed E-state index contributed by atoms with van der Waals surface area (Å²) < 4.78 is 0. The van der Waals surface area contributed by atoms with Crippen molar-refractivity contribution in [2.45, 2.75) is 25.8 Å². The number of pyridine rings is 1. The number of hydrogen-bond donors (Lipinski definition) is 1. The number of nitrogens with zero attached hydrogens (tertiary/aromatic N) is 3. The number of anilines is 1. The van der Waals surface area contributed by atoms with Crippen LogP contribution in [0.2, 0.25) is 5.02 Å². The first-order valence-electron chi connectivity index (χ1n) is 6.31. The maximum Gasteiger partial charge on any atom is 0.289 e. The summed E-state index contributed by atoms with van der Waals surface area (Å²) in [6.45, 7) is 3.51. The monoisotopic (exact) mass is 284 g/mol. The fourth-order valence-corrected chi connectivity index (χ4v) is 2.87. The molecule has 2 heterocycles. The molecular formula is C12H17ClN4O2. The lowest BCUT2D eigenvalue weighted by atomic mass is 9.91. The lowest BCUT2D eigenvalue weighted by molar-refractivity contribution is -0.385. The fourth-order valence-electron chi connectivity index (χ4n) is 2.60. The minimum atomic E-state index is -0.498. The summed E-state index contributed by atoms with van der Waals surface area (Å²) >= 11 is 6.13. The molecule has 0 aromatic carbocycles. The van der Waals surface area contributed by atoms with Gasteiger partial charge in [-0.25, -0.2) is 4.98 Å². The lowest BCUT2D eigenvalue weighted by Gasteiger charge is -2.40. The normalized spacial score (nSPS) is 23.4. The summed E-state index contributed by atoms with van der Waals surface area (Å²) in [7, 11) is 0. The Labute approximate surface area is 116 Å². The molecule has 19 heavy (non-hydrogen) atoms. The summed E-state index contributed by atoms with van der Waals surface area (Å²) in [5.41, 5.74) is 5.73. The molecule has 0 amide bonds. The van der Waals surface area contributed by atoms with Crippen molar-refractivity contribution in [2.24, 2.45) is 11.7 Å². The van der Waals surface area contributed by atoms with E-state index in [1.807, 2.05) is 0 Å². The van der Waals surface area contributed by atoms with E-state index in [4.69, 9.17) is 17.3 Å². The van der Waals surface area contributed by atoms with Gasteiger partial charge in [0.15, 0.2) is 0 Å². The first-order valence-corrected chi connectivity index (χ1v) is 6.69. The van der Waals surface area contributed by atoms with Crippen molar-refractivity contribution in [1.29, 1.82) is 0 Å². The van der Waals surface area contributed by atoms with Gasteiger partial charge in [0.2, 0.25) is 0 Å². The second-order valence-corrected chi connectivity index (χ2v) is 5.28. The molecule has 2 rings (SSSR count). The van der Waals surface area contributed by atoms with Gasteiger partial charge in [-0.15, -0.1) is 0 Å². The summed E-state index contributed by atoms with van der Waals surface area (Å²) in [5.74, 6) is 1.06. The van der Waals surface area contributed by atoms with Crippen molar-refractivity contribution in [3.05, 3.63) is 27.4 Å². The Hall–Kier alpha value is -1.40. The maximum absolute atomic E-state index is 10.7. The minimum Gasteiger partial charge on any atom is -0.351 e. The summed E-state index contributed by atoms with van der Waals surface area (Å²) in [5, 5.41) is 11.0. The van der Waals surface area contributed by atoms with Gasteiger partial charge < -0.3 is 10.6 Å². The van der Waals surface area contributed by atoms with Crippen molar-refractivity contribution >= 4 is 23.1 Å². The molecule has 104 valence electrons. The van der Waals surface area contributed by atoms with E-state index in [0.29, 0.717) is 23.3 Å². The summed E-state index contributed by atoms with van der Waals surface area (Å²) in [6, 6.07) is 1.52. The third-order valence-electron chi connectivity index (χ3n) is 3.65. The van der Waals surface area contributed by atoms with Gasteiger partial charge in [0.05, 0.1) is 9.95 Å². The molecule has 2 N–H and O–H groups in total. The van der Waals surface area contributed by atoms with Crippen LogP contribution in [-0.2, 0) is 0 Å². The second kappa shape index (κ2) is 5.71. The predicted molar refractivity (Wildman–Crippen MR) is 74.5 cm³/mol. The van der Waals surface area contributed by atoms with Crippen LogP contribution in [0.1, 0.15) is 19.8 Å². The van der Waals surface area contributed by atoms with Crippen molar-refractivity contribution in [2.75, 3.05) is 18.0 Å². The molecule has 0 saturated carbocycles. The minimum absolute atomic E-state index is 0.0943. The number of hydrogen-bond acceptors (Lipinski definition) is 5. The third kappa shape index (κ3) is 2.79. The van der Waals surface area contributed by atoms with Gasteiger partial charge in [-0.2, -0.15) is 0 Å². The van der Waals surface area contributed by atoms with Gasteiger partial charge in [-0.1, -0.05) is 18.5 Å². The van der Waals surface area contributed by atoms with E-state index >= 15 is 0 Å². The molecule has 1 aliphatic rings. The Kier molecular flexibility index (Phi) is 4.21. The quantitative estimate of drug-likeness (QED) is 0.679. The first kappa shape index (κ1) is 14.0. The maximum atomic E-state index is 10.7. The molecule has 2 unspecified atom stereocenters. The largest absolute Gasteiger partial charge is 0.351 e. The first-order chi connectivity index (χ1) is 9.04. The van der Waals surface area contributed by atoms with Crippen molar-refractivity contribution in [3.63, 3.8) is 0 Å². The highest BCUT2D eigenvalue weighted by molar-refractivity contribution is 6.33. The standard InChI is InChI=1S/C12H17ClN4O2/c1-8-3-2-4-16(11(8)6-14)12-10(13)5-9(7-15-12)17(18)19/h5,7-8,11H,2-4,6,14H2,1H3. The van der Waals surface area contributed by atoms with E-state index in [9.17, 15) is 10.1 Å². The SMILES string of the molecule is CC1CCCN(c2ncc([N+](=O)[O-])cc2Cl)C1CN. The molecule has 7 heteroatoms. The van der Waals surface area contributed by atoms with Gasteiger partial charge in [0, 0.05) is 25.2 Å². The number of aromatic nitrogens is 1. The van der Waals surface area contributed by atoms with E-state index in [1.54, 1.807) is 0 Å². The Balaban J connectivity index is 2.32. The molecule has 1 aromatic heterocycles. The molecule has 1 aliphatic heterocycles. The zero-order valence-corrected chi connectivity index (χ0v) is 11.5. The Morgan fingerprint density at radius 1 is 1.68 bits per heavy atom. The van der Waals surface area contributed by atoms with Crippen molar-refractivity contribution < 1.29 is 4.92 Å². The van der Waals surface area contributed by atoms with E-state index < -0.39 is 4.92 Å². The van der Waals surface area contributed by atoms with Crippen LogP contribution >= 0.6 is 11.6 Å². The van der Waals surface area contributed by atoms with E-state index in [1.165, 1.54) is 12.3 Å². The highest BCUT2D eigenvalue weighted by atomic mass is 35.5. The molecule has 0 aliphatic carbocycles. The number of halogens is 1. The summed E-state index contributed by atoms with van der Waals surface area (Å²) in [6.07, 6.45) is 3.42. The van der Waals surface area contributed by atoms with E-state index in [-0.39, 0.29) is 11.7 Å². The van der Waals surface area contributed by atoms with Crippen LogP contribution in [0.5, 0.6) is 0 Å². The van der Waals surface area contributed by atoms with Crippen LogP contribution in [0.15, 0.2) is 12.3 Å². The van der Waals surface area contributed by atoms with Crippen molar-refractivity contribution in [3.8, 4) is 0 Å². The highest BCUT2D eigenvalue weighted by Gasteiger charge is 2.30. The van der Waals surface area contributed by atoms with Crippen molar-refractivity contribution in [1.82, 2.24) is 4.98 Å². The van der Waals surface area contributed by atoms with Crippen LogP contribution in [0, 0.1) is 16.0 Å². The Bertz CT molecular complexity index is 483. The van der Waals surface area contributed by atoms with Gasteiger partial charge in [0.25, 0.3) is 5.69 Å². The molecule has 0 bridgehead atoms. The van der Waals surface area contributed by atoms with Gasteiger partial charge in [-0.3, -0.25) is 10.1 Å². The Morgan fingerprint density at radius 2 is 2.42 bits per heavy atom. The number of rotatable bonds is 3.